The van der Waals surface area contributed by atoms with Gasteiger partial charge in [0.05, 0.1) is 22.5 Å². The van der Waals surface area contributed by atoms with Gasteiger partial charge in [-0.15, -0.1) is 0 Å². The van der Waals surface area contributed by atoms with Crippen molar-refractivity contribution in [2.75, 3.05) is 39.3 Å². The van der Waals surface area contributed by atoms with Gasteiger partial charge in [0.15, 0.2) is 4.96 Å². The normalized spacial score (nSPS) is 11.4. The molecule has 0 aliphatic carbocycles. The highest BCUT2D eigenvalue weighted by atomic mass is 32.1. The summed E-state index contributed by atoms with van der Waals surface area (Å²) in [6.07, 6.45) is 2.90. The van der Waals surface area contributed by atoms with Crippen molar-refractivity contribution in [3.8, 4) is 11.3 Å². The van der Waals surface area contributed by atoms with Gasteiger partial charge in [0.2, 0.25) is 0 Å². The second kappa shape index (κ2) is 11.4. The number of carbonyl (C=O) groups is 2. The summed E-state index contributed by atoms with van der Waals surface area (Å²) >= 11 is 1.54. The second-order valence-corrected chi connectivity index (χ2v) is 9.27. The lowest BCUT2D eigenvalue weighted by Gasteiger charge is -2.17. The van der Waals surface area contributed by atoms with Crippen molar-refractivity contribution < 1.29 is 14.7 Å². The summed E-state index contributed by atoms with van der Waals surface area (Å²) in [6.45, 7) is 8.13. The lowest BCUT2D eigenvalue weighted by Crippen LogP contribution is -2.29. The summed E-state index contributed by atoms with van der Waals surface area (Å²) in [5.41, 5.74) is 3.92. The highest BCUT2D eigenvalue weighted by Gasteiger charge is 2.14. The Hall–Kier alpha value is -3.27. The number of imidazole rings is 1. The van der Waals surface area contributed by atoms with Crippen molar-refractivity contribution in [3.05, 3.63) is 59.8 Å². The number of aliphatic hydroxyl groups is 1. The van der Waals surface area contributed by atoms with Crippen molar-refractivity contribution in [2.45, 2.75) is 20.3 Å². The van der Waals surface area contributed by atoms with E-state index in [2.05, 4.69) is 29.4 Å². The third-order valence-electron chi connectivity index (χ3n) is 6.03. The van der Waals surface area contributed by atoms with Gasteiger partial charge in [0.25, 0.3) is 11.8 Å². The van der Waals surface area contributed by atoms with Crippen molar-refractivity contribution in [2.24, 2.45) is 0 Å². The van der Waals surface area contributed by atoms with E-state index in [9.17, 15) is 9.59 Å². The SMILES string of the molecule is CCN(CC)CCCNC(=O)c1ccc2c(c1)sc1nc(-c3ccc(C(=O)NCCO)cc3)cn12. The molecule has 4 aromatic rings. The van der Waals surface area contributed by atoms with E-state index in [0.717, 1.165) is 52.5 Å². The molecule has 0 aliphatic heterocycles. The first-order chi connectivity index (χ1) is 17.0. The van der Waals surface area contributed by atoms with Gasteiger partial charge in [0.1, 0.15) is 0 Å². The molecule has 0 aliphatic rings. The number of nitrogens with zero attached hydrogens (tertiary/aromatic N) is 3. The van der Waals surface area contributed by atoms with Crippen molar-refractivity contribution in [1.29, 1.82) is 0 Å². The van der Waals surface area contributed by atoms with Crippen LogP contribution in [0.5, 0.6) is 0 Å². The van der Waals surface area contributed by atoms with E-state index in [4.69, 9.17) is 10.1 Å². The first-order valence-electron chi connectivity index (χ1n) is 12.0. The highest BCUT2D eigenvalue weighted by molar-refractivity contribution is 7.23. The Morgan fingerprint density at radius 2 is 1.69 bits per heavy atom. The zero-order chi connectivity index (χ0) is 24.8. The van der Waals surface area contributed by atoms with Crippen molar-refractivity contribution >= 4 is 38.3 Å². The fraction of sp³-hybridized carbons (Fsp3) is 0.346. The van der Waals surface area contributed by atoms with Crippen LogP contribution in [-0.2, 0) is 0 Å². The molecule has 0 atom stereocenters. The van der Waals surface area contributed by atoms with Gasteiger partial charge >= 0.3 is 0 Å². The number of amides is 2. The summed E-state index contributed by atoms with van der Waals surface area (Å²) in [4.78, 5) is 32.6. The van der Waals surface area contributed by atoms with E-state index in [1.165, 1.54) is 0 Å². The minimum atomic E-state index is -0.217. The third kappa shape index (κ3) is 5.70. The molecule has 0 bridgehead atoms. The van der Waals surface area contributed by atoms with Crippen LogP contribution in [0.1, 0.15) is 41.0 Å². The Morgan fingerprint density at radius 3 is 2.40 bits per heavy atom. The average molecular weight is 494 g/mol. The zero-order valence-corrected chi connectivity index (χ0v) is 20.9. The van der Waals surface area contributed by atoms with Crippen LogP contribution in [0.25, 0.3) is 26.4 Å². The van der Waals surface area contributed by atoms with Crippen LogP contribution < -0.4 is 10.6 Å². The molecule has 0 spiro atoms. The maximum atomic E-state index is 12.6. The smallest absolute Gasteiger partial charge is 0.251 e. The molecule has 3 N–H and O–H groups in total. The van der Waals surface area contributed by atoms with E-state index < -0.39 is 0 Å². The maximum Gasteiger partial charge on any atom is 0.251 e. The van der Waals surface area contributed by atoms with Crippen LogP contribution >= 0.6 is 11.3 Å². The molecule has 184 valence electrons. The maximum absolute atomic E-state index is 12.6. The molecule has 8 nitrogen and oxygen atoms in total. The molecule has 0 radical (unpaired) electrons. The number of aromatic nitrogens is 2. The molecule has 2 amide bonds. The Bertz CT molecular complexity index is 1310. The predicted octanol–water partition coefficient (Wildman–Crippen LogP) is 3.40. The molecular formula is C26H31N5O3S. The molecule has 35 heavy (non-hydrogen) atoms. The number of rotatable bonds is 11. The largest absolute Gasteiger partial charge is 0.395 e. The van der Waals surface area contributed by atoms with Gasteiger partial charge in [-0.05, 0) is 56.4 Å². The van der Waals surface area contributed by atoms with Crippen LogP contribution in [0.3, 0.4) is 0 Å². The van der Waals surface area contributed by atoms with E-state index in [1.54, 1.807) is 23.5 Å². The second-order valence-electron chi connectivity index (χ2n) is 8.26. The molecule has 0 unspecified atom stereocenters. The lowest BCUT2D eigenvalue weighted by molar-refractivity contribution is 0.0940. The van der Waals surface area contributed by atoms with Gasteiger partial charge in [-0.2, -0.15) is 0 Å². The van der Waals surface area contributed by atoms with E-state index in [-0.39, 0.29) is 25.0 Å². The number of thiazole rings is 1. The van der Waals surface area contributed by atoms with Gasteiger partial charge in [-0.1, -0.05) is 37.3 Å². The monoisotopic (exact) mass is 493 g/mol. The van der Waals surface area contributed by atoms with Gasteiger partial charge in [0, 0.05) is 36.0 Å². The van der Waals surface area contributed by atoms with E-state index in [1.807, 2.05) is 40.9 Å². The minimum Gasteiger partial charge on any atom is -0.395 e. The van der Waals surface area contributed by atoms with Crippen molar-refractivity contribution in [1.82, 2.24) is 24.9 Å². The molecule has 2 heterocycles. The first kappa shape index (κ1) is 24.8. The van der Waals surface area contributed by atoms with Crippen LogP contribution in [0.2, 0.25) is 0 Å². The summed E-state index contributed by atoms with van der Waals surface area (Å²) in [7, 11) is 0. The van der Waals surface area contributed by atoms with E-state index in [0.29, 0.717) is 17.7 Å². The molecule has 4 rings (SSSR count). The van der Waals surface area contributed by atoms with E-state index >= 15 is 0 Å². The Balaban J connectivity index is 1.44. The molecule has 0 fully saturated rings. The van der Waals surface area contributed by atoms with Gasteiger partial charge in [-0.25, -0.2) is 4.98 Å². The number of nitrogens with one attached hydrogen (secondary N) is 2. The average Bonchev–Trinajstić information content (AvgIpc) is 3.45. The summed E-state index contributed by atoms with van der Waals surface area (Å²) in [5, 5.41) is 14.5. The number of fused-ring (bicyclic) bond motifs is 3. The number of benzene rings is 2. The van der Waals surface area contributed by atoms with Crippen LogP contribution in [0.15, 0.2) is 48.7 Å². The van der Waals surface area contributed by atoms with Gasteiger partial charge in [-0.3, -0.25) is 14.0 Å². The Labute approximate surface area is 208 Å². The number of hydrogen-bond donors (Lipinski definition) is 3. The van der Waals surface area contributed by atoms with Crippen molar-refractivity contribution in [3.63, 3.8) is 0 Å². The predicted molar refractivity (Wildman–Crippen MR) is 140 cm³/mol. The van der Waals surface area contributed by atoms with Crippen LogP contribution in [0, 0.1) is 0 Å². The van der Waals surface area contributed by atoms with Gasteiger partial charge < -0.3 is 20.6 Å². The number of hydrogen-bond acceptors (Lipinski definition) is 6. The molecular weight excluding hydrogens is 462 g/mol. The third-order valence-corrected chi connectivity index (χ3v) is 7.05. The molecule has 0 saturated heterocycles. The first-order valence-corrected chi connectivity index (χ1v) is 12.8. The minimum absolute atomic E-state index is 0.0544. The summed E-state index contributed by atoms with van der Waals surface area (Å²) in [5.74, 6) is -0.271. The number of aliphatic hydroxyl groups excluding tert-OH is 1. The summed E-state index contributed by atoms with van der Waals surface area (Å²) < 4.78 is 3.04. The number of carbonyl (C=O) groups excluding carboxylic acids is 2. The molecule has 2 aromatic heterocycles. The molecule has 9 heteroatoms. The highest BCUT2D eigenvalue weighted by Crippen LogP contribution is 2.30. The van der Waals surface area contributed by atoms with Crippen LogP contribution in [0.4, 0.5) is 0 Å². The Morgan fingerprint density at radius 1 is 1.00 bits per heavy atom. The standard InChI is InChI=1S/C26H31N5O3S/c1-3-30(4-2)14-5-12-27-25(34)20-10-11-22-23(16-20)35-26-29-21(17-31(22)26)18-6-8-19(9-7-18)24(33)28-13-15-32/h6-11,16-17,32H,3-5,12-15H2,1-2H3,(H,27,34)(H,28,33). The quantitative estimate of drug-likeness (QED) is 0.278. The molecule has 0 saturated carbocycles. The summed E-state index contributed by atoms with van der Waals surface area (Å²) in [6, 6.07) is 13.0. The lowest BCUT2D eigenvalue weighted by atomic mass is 10.1. The zero-order valence-electron chi connectivity index (χ0n) is 20.1. The Kier molecular flexibility index (Phi) is 8.12. The topological polar surface area (TPSA) is 99.0 Å². The fourth-order valence-electron chi connectivity index (χ4n) is 3.99. The fourth-order valence-corrected chi connectivity index (χ4v) is 5.04. The molecule has 2 aromatic carbocycles. The van der Waals surface area contributed by atoms with Crippen LogP contribution in [-0.4, -0.2) is 70.5 Å².